The van der Waals surface area contributed by atoms with Gasteiger partial charge in [0.25, 0.3) is 0 Å². The second kappa shape index (κ2) is 4.93. The number of hydrogen-bond donors (Lipinski definition) is 2. The van der Waals surface area contributed by atoms with Gasteiger partial charge in [-0.3, -0.25) is 9.48 Å². The molecule has 0 saturated heterocycles. The van der Waals surface area contributed by atoms with Crippen LogP contribution in [0.2, 0.25) is 0 Å². The Morgan fingerprint density at radius 3 is 2.87 bits per heavy atom. The molecule has 1 unspecified atom stereocenters. The molecule has 5 heteroatoms. The number of aromatic nitrogens is 2. The molecule has 1 atom stereocenters. The average molecular weight is 210 g/mol. The molecule has 0 aliphatic heterocycles. The molecule has 0 aromatic carbocycles. The number of carbonyl (C=O) groups is 1. The van der Waals surface area contributed by atoms with Crippen molar-refractivity contribution < 1.29 is 4.79 Å². The zero-order valence-electron chi connectivity index (χ0n) is 9.23. The van der Waals surface area contributed by atoms with Crippen LogP contribution in [0.4, 0.5) is 0 Å². The minimum Gasteiger partial charge on any atom is -0.368 e. The molecule has 1 amide bonds. The topological polar surface area (TPSA) is 72.9 Å². The van der Waals surface area contributed by atoms with E-state index >= 15 is 0 Å². The number of nitrogens with zero attached hydrogens (tertiary/aromatic N) is 2. The molecular formula is C10H18N4O. The molecular weight excluding hydrogens is 192 g/mol. The van der Waals surface area contributed by atoms with Crippen LogP contribution in [0.3, 0.4) is 0 Å². The lowest BCUT2D eigenvalue weighted by Gasteiger charge is -2.26. The molecule has 0 bridgehead atoms. The Balaban J connectivity index is 2.56. The van der Waals surface area contributed by atoms with E-state index in [1.807, 2.05) is 26.1 Å². The molecule has 15 heavy (non-hydrogen) atoms. The Labute approximate surface area is 89.6 Å². The lowest BCUT2D eigenvalue weighted by atomic mass is 9.97. The number of nitrogens with one attached hydrogen (secondary N) is 1. The predicted octanol–water partition coefficient (Wildman–Crippen LogP) is 0.127. The predicted molar refractivity (Wildman–Crippen MR) is 58.1 cm³/mol. The van der Waals surface area contributed by atoms with Crippen LogP contribution in [-0.4, -0.2) is 27.8 Å². The average Bonchev–Trinajstić information content (AvgIpc) is 2.67. The number of rotatable bonds is 6. The monoisotopic (exact) mass is 210 g/mol. The van der Waals surface area contributed by atoms with E-state index < -0.39 is 5.54 Å². The molecule has 0 fully saturated rings. The molecule has 5 nitrogen and oxygen atoms in total. The van der Waals surface area contributed by atoms with E-state index in [2.05, 4.69) is 10.4 Å². The van der Waals surface area contributed by atoms with Crippen LogP contribution < -0.4 is 11.1 Å². The second-order valence-corrected chi connectivity index (χ2v) is 3.75. The maximum absolute atomic E-state index is 11.3. The van der Waals surface area contributed by atoms with Crippen molar-refractivity contribution in [3.63, 3.8) is 0 Å². The Hall–Kier alpha value is -1.36. The van der Waals surface area contributed by atoms with Crippen LogP contribution in [0.1, 0.15) is 20.3 Å². The molecule has 1 heterocycles. The molecule has 84 valence electrons. The highest BCUT2D eigenvalue weighted by atomic mass is 16.1. The summed E-state index contributed by atoms with van der Waals surface area (Å²) in [5.74, 6) is -0.323. The Morgan fingerprint density at radius 2 is 2.40 bits per heavy atom. The molecule has 1 aromatic heterocycles. The van der Waals surface area contributed by atoms with E-state index in [4.69, 9.17) is 5.73 Å². The molecule has 0 aliphatic rings. The zero-order valence-corrected chi connectivity index (χ0v) is 9.23. The van der Waals surface area contributed by atoms with E-state index in [0.717, 1.165) is 6.54 Å². The first kappa shape index (κ1) is 11.7. The van der Waals surface area contributed by atoms with Gasteiger partial charge < -0.3 is 11.1 Å². The summed E-state index contributed by atoms with van der Waals surface area (Å²) < 4.78 is 1.79. The van der Waals surface area contributed by atoms with Crippen LogP contribution >= 0.6 is 0 Å². The zero-order chi connectivity index (χ0) is 11.3. The van der Waals surface area contributed by atoms with Gasteiger partial charge in [0.05, 0.1) is 5.54 Å². The van der Waals surface area contributed by atoms with Gasteiger partial charge in [-0.25, -0.2) is 0 Å². The van der Waals surface area contributed by atoms with E-state index in [1.54, 1.807) is 10.9 Å². The fourth-order valence-electron chi connectivity index (χ4n) is 1.46. The Morgan fingerprint density at radius 1 is 1.67 bits per heavy atom. The van der Waals surface area contributed by atoms with E-state index in [1.165, 1.54) is 0 Å². The molecule has 0 radical (unpaired) electrons. The third-order valence-corrected chi connectivity index (χ3v) is 2.51. The maximum atomic E-state index is 11.3. The highest BCUT2D eigenvalue weighted by molar-refractivity contribution is 5.84. The molecule has 0 saturated carbocycles. The minimum absolute atomic E-state index is 0.323. The fraction of sp³-hybridized carbons (Fsp3) is 0.600. The first-order valence-electron chi connectivity index (χ1n) is 5.11. The summed E-state index contributed by atoms with van der Waals surface area (Å²) in [7, 11) is 0. The van der Waals surface area contributed by atoms with Gasteiger partial charge in [0, 0.05) is 18.9 Å². The number of amides is 1. The number of hydrogen-bond acceptors (Lipinski definition) is 3. The van der Waals surface area contributed by atoms with Crippen molar-refractivity contribution in [2.45, 2.75) is 32.4 Å². The number of primary amides is 1. The second-order valence-electron chi connectivity index (χ2n) is 3.75. The summed E-state index contributed by atoms with van der Waals surface area (Å²) in [5.41, 5.74) is 4.71. The molecule has 3 N–H and O–H groups in total. The molecule has 0 spiro atoms. The number of aryl methyl sites for hydroxylation is 1. The van der Waals surface area contributed by atoms with E-state index in [9.17, 15) is 4.79 Å². The van der Waals surface area contributed by atoms with Gasteiger partial charge in [0.1, 0.15) is 0 Å². The van der Waals surface area contributed by atoms with Crippen molar-refractivity contribution in [2.24, 2.45) is 5.73 Å². The van der Waals surface area contributed by atoms with Gasteiger partial charge in [-0.2, -0.15) is 5.10 Å². The SMILES string of the molecule is CCNC(C)(CCn1cccn1)C(N)=O. The molecule has 0 aliphatic carbocycles. The Bertz CT molecular complexity index is 309. The Kier molecular flexibility index (Phi) is 3.85. The van der Waals surface area contributed by atoms with Crippen LogP contribution in [0.5, 0.6) is 0 Å². The summed E-state index contributed by atoms with van der Waals surface area (Å²) >= 11 is 0. The summed E-state index contributed by atoms with van der Waals surface area (Å²) in [4.78, 5) is 11.3. The minimum atomic E-state index is -0.652. The molecule has 1 aromatic rings. The smallest absolute Gasteiger partial charge is 0.237 e. The van der Waals surface area contributed by atoms with Gasteiger partial charge in [-0.05, 0) is 26.0 Å². The summed E-state index contributed by atoms with van der Waals surface area (Å²) in [6, 6.07) is 1.86. The largest absolute Gasteiger partial charge is 0.368 e. The van der Waals surface area contributed by atoms with E-state index in [0.29, 0.717) is 13.0 Å². The van der Waals surface area contributed by atoms with Crippen molar-refractivity contribution in [1.29, 1.82) is 0 Å². The van der Waals surface area contributed by atoms with Crippen LogP contribution in [-0.2, 0) is 11.3 Å². The van der Waals surface area contributed by atoms with Crippen molar-refractivity contribution in [2.75, 3.05) is 6.54 Å². The quantitative estimate of drug-likeness (QED) is 0.700. The molecule has 1 rings (SSSR count). The standard InChI is InChI=1S/C10H18N4O/c1-3-12-10(2,9(11)15)5-8-14-7-4-6-13-14/h4,6-7,12H,3,5,8H2,1-2H3,(H2,11,15). The van der Waals surface area contributed by atoms with Gasteiger partial charge >= 0.3 is 0 Å². The highest BCUT2D eigenvalue weighted by Gasteiger charge is 2.29. The lowest BCUT2D eigenvalue weighted by molar-refractivity contribution is -0.124. The van der Waals surface area contributed by atoms with Crippen molar-refractivity contribution in [3.8, 4) is 0 Å². The van der Waals surface area contributed by atoms with Crippen LogP contribution in [0, 0.1) is 0 Å². The number of likely N-dealkylation sites (N-methyl/N-ethyl adjacent to an activating group) is 1. The number of nitrogens with two attached hydrogens (primary N) is 1. The van der Waals surface area contributed by atoms with Crippen molar-refractivity contribution in [3.05, 3.63) is 18.5 Å². The van der Waals surface area contributed by atoms with Gasteiger partial charge in [0.15, 0.2) is 0 Å². The van der Waals surface area contributed by atoms with Gasteiger partial charge in [-0.1, -0.05) is 6.92 Å². The lowest BCUT2D eigenvalue weighted by Crippen LogP contribution is -2.53. The third kappa shape index (κ3) is 3.06. The summed E-state index contributed by atoms with van der Waals surface area (Å²) in [6.45, 7) is 5.18. The van der Waals surface area contributed by atoms with Crippen molar-refractivity contribution in [1.82, 2.24) is 15.1 Å². The van der Waals surface area contributed by atoms with Gasteiger partial charge in [-0.15, -0.1) is 0 Å². The van der Waals surface area contributed by atoms with Gasteiger partial charge in [0.2, 0.25) is 5.91 Å². The summed E-state index contributed by atoms with van der Waals surface area (Å²) in [6.07, 6.45) is 4.22. The first-order valence-corrected chi connectivity index (χ1v) is 5.11. The van der Waals surface area contributed by atoms with Crippen molar-refractivity contribution >= 4 is 5.91 Å². The first-order chi connectivity index (χ1) is 7.08. The highest BCUT2D eigenvalue weighted by Crippen LogP contribution is 2.10. The fourth-order valence-corrected chi connectivity index (χ4v) is 1.46. The third-order valence-electron chi connectivity index (χ3n) is 2.51. The number of carbonyl (C=O) groups excluding carboxylic acids is 1. The summed E-state index contributed by atoms with van der Waals surface area (Å²) in [5, 5.41) is 7.18. The van der Waals surface area contributed by atoms with Crippen LogP contribution in [0.15, 0.2) is 18.5 Å². The maximum Gasteiger partial charge on any atom is 0.237 e. The van der Waals surface area contributed by atoms with E-state index in [-0.39, 0.29) is 5.91 Å². The van der Waals surface area contributed by atoms with Crippen LogP contribution in [0.25, 0.3) is 0 Å². The normalized spacial score (nSPS) is 14.8.